The van der Waals surface area contributed by atoms with E-state index in [0.717, 1.165) is 12.0 Å². The number of nitrogens with zero attached hydrogens (tertiary/aromatic N) is 2. The molecule has 0 N–H and O–H groups in total. The van der Waals surface area contributed by atoms with Gasteiger partial charge < -0.3 is 9.64 Å². The summed E-state index contributed by atoms with van der Waals surface area (Å²) < 4.78 is 5.58. The maximum Gasteiger partial charge on any atom is 0.282 e. The number of carbonyl (C=O) groups is 2. The normalized spacial score (nSPS) is 15.9. The molecule has 0 aromatic heterocycles. The van der Waals surface area contributed by atoms with Crippen LogP contribution in [-0.2, 0) is 22.6 Å². The molecule has 5 rings (SSSR count). The van der Waals surface area contributed by atoms with Crippen molar-refractivity contribution in [1.82, 2.24) is 4.90 Å². The molecule has 2 aliphatic rings. The first-order chi connectivity index (χ1) is 16.5. The first-order valence-electron chi connectivity index (χ1n) is 11.7. The summed E-state index contributed by atoms with van der Waals surface area (Å²) in [5.74, 6) is 0.332. The van der Waals surface area contributed by atoms with Crippen LogP contribution in [0.1, 0.15) is 42.0 Å². The molecule has 0 fully saturated rings. The van der Waals surface area contributed by atoms with E-state index in [9.17, 15) is 9.59 Å². The maximum atomic E-state index is 13.9. The van der Waals surface area contributed by atoms with Crippen LogP contribution in [0.2, 0.25) is 0 Å². The van der Waals surface area contributed by atoms with Crippen LogP contribution >= 0.6 is 0 Å². The van der Waals surface area contributed by atoms with Gasteiger partial charge >= 0.3 is 0 Å². The van der Waals surface area contributed by atoms with Crippen molar-refractivity contribution >= 4 is 23.1 Å². The zero-order valence-corrected chi connectivity index (χ0v) is 19.7. The van der Waals surface area contributed by atoms with Gasteiger partial charge in [-0.15, -0.1) is 0 Å². The quantitative estimate of drug-likeness (QED) is 0.502. The molecule has 0 bridgehead atoms. The Hall–Kier alpha value is -3.86. The van der Waals surface area contributed by atoms with Crippen LogP contribution in [0.5, 0.6) is 5.75 Å². The Bertz CT molecular complexity index is 1290. The van der Waals surface area contributed by atoms with E-state index in [4.69, 9.17) is 4.74 Å². The summed E-state index contributed by atoms with van der Waals surface area (Å²) in [6.45, 7) is 5.50. The Kier molecular flexibility index (Phi) is 5.70. The largest absolute Gasteiger partial charge is 0.496 e. The van der Waals surface area contributed by atoms with Crippen molar-refractivity contribution in [2.24, 2.45) is 0 Å². The molecule has 0 spiro atoms. The molecule has 0 aliphatic carbocycles. The van der Waals surface area contributed by atoms with Crippen LogP contribution in [0.15, 0.2) is 78.5 Å². The molecule has 3 aromatic carbocycles. The van der Waals surface area contributed by atoms with E-state index < -0.39 is 0 Å². The summed E-state index contributed by atoms with van der Waals surface area (Å²) in [5, 5.41) is 0. The highest BCUT2D eigenvalue weighted by Gasteiger charge is 2.43. The van der Waals surface area contributed by atoms with Crippen molar-refractivity contribution in [3.05, 3.63) is 101 Å². The summed E-state index contributed by atoms with van der Waals surface area (Å²) in [7, 11) is 1.58. The van der Waals surface area contributed by atoms with Crippen molar-refractivity contribution in [3.63, 3.8) is 0 Å². The molecule has 5 nitrogen and oxygen atoms in total. The van der Waals surface area contributed by atoms with Gasteiger partial charge in [-0.3, -0.25) is 9.59 Å². The molecule has 2 amide bonds. The second-order valence-electron chi connectivity index (χ2n) is 9.06. The Morgan fingerprint density at radius 1 is 0.824 bits per heavy atom. The third-order valence-corrected chi connectivity index (χ3v) is 6.70. The lowest BCUT2D eigenvalue weighted by Gasteiger charge is -2.31. The lowest BCUT2D eigenvalue weighted by atomic mass is 9.97. The first kappa shape index (κ1) is 22.0. The predicted octanol–water partition coefficient (Wildman–Crippen LogP) is 5.16. The van der Waals surface area contributed by atoms with Crippen LogP contribution in [0.4, 0.5) is 5.69 Å². The van der Waals surface area contributed by atoms with Gasteiger partial charge in [0.1, 0.15) is 11.4 Å². The minimum absolute atomic E-state index is 0.289. The average molecular weight is 453 g/mol. The number of imide groups is 1. The van der Waals surface area contributed by atoms with Crippen molar-refractivity contribution in [1.29, 1.82) is 0 Å². The van der Waals surface area contributed by atoms with E-state index in [-0.39, 0.29) is 11.8 Å². The Balaban J connectivity index is 1.62. The molecule has 34 heavy (non-hydrogen) atoms. The number of amides is 2. The number of para-hydroxylation sites is 1. The first-order valence-corrected chi connectivity index (χ1v) is 11.7. The number of methoxy groups -OCH3 is 1. The van der Waals surface area contributed by atoms with Gasteiger partial charge in [0.15, 0.2) is 0 Å². The van der Waals surface area contributed by atoms with E-state index in [1.807, 2.05) is 65.6 Å². The van der Waals surface area contributed by atoms with Crippen LogP contribution in [0.25, 0.3) is 5.57 Å². The molecule has 5 heteroatoms. The number of hydrogen-bond acceptors (Lipinski definition) is 4. The number of fused-ring (bicyclic) bond motifs is 1. The fraction of sp³-hybridized carbons (Fsp3) is 0.241. The number of anilines is 1. The third kappa shape index (κ3) is 3.67. The number of benzene rings is 3. The predicted molar refractivity (Wildman–Crippen MR) is 133 cm³/mol. The fourth-order valence-electron chi connectivity index (χ4n) is 4.83. The summed E-state index contributed by atoms with van der Waals surface area (Å²) >= 11 is 0. The zero-order valence-electron chi connectivity index (χ0n) is 19.7. The Morgan fingerprint density at radius 2 is 1.50 bits per heavy atom. The average Bonchev–Trinajstić information content (AvgIpc) is 3.13. The van der Waals surface area contributed by atoms with Crippen molar-refractivity contribution in [3.8, 4) is 5.75 Å². The van der Waals surface area contributed by atoms with Gasteiger partial charge in [-0.1, -0.05) is 68.4 Å². The highest BCUT2D eigenvalue weighted by molar-refractivity contribution is 6.45. The molecule has 2 aliphatic heterocycles. The van der Waals surface area contributed by atoms with Crippen LogP contribution in [0.3, 0.4) is 0 Å². The van der Waals surface area contributed by atoms with Crippen molar-refractivity contribution < 1.29 is 14.3 Å². The Morgan fingerprint density at radius 3 is 2.21 bits per heavy atom. The molecular formula is C29H28N2O3. The standard InChI is InChI=1S/C29H28N2O3/c1-19(2)20-12-14-23(15-13-20)31-28(32)26(24-10-6-7-11-25(24)34-3)27(29(31)33)30-17-16-21-8-4-5-9-22(21)18-30/h4-15,19H,16-18H2,1-3H3. The summed E-state index contributed by atoms with van der Waals surface area (Å²) in [6.07, 6.45) is 0.823. The van der Waals surface area contributed by atoms with Crippen molar-refractivity contribution in [2.75, 3.05) is 18.6 Å². The van der Waals surface area contributed by atoms with Gasteiger partial charge in [-0.05, 0) is 47.2 Å². The molecule has 0 atom stereocenters. The number of hydrogen-bond donors (Lipinski definition) is 0. The lowest BCUT2D eigenvalue weighted by Crippen LogP contribution is -2.37. The second kappa shape index (κ2) is 8.82. The highest BCUT2D eigenvalue weighted by Crippen LogP contribution is 2.39. The molecule has 172 valence electrons. The second-order valence-corrected chi connectivity index (χ2v) is 9.06. The summed E-state index contributed by atoms with van der Waals surface area (Å²) in [4.78, 5) is 31.1. The van der Waals surface area contributed by atoms with Gasteiger partial charge in [0.25, 0.3) is 11.8 Å². The van der Waals surface area contributed by atoms with Crippen LogP contribution in [0, 0.1) is 0 Å². The highest BCUT2D eigenvalue weighted by atomic mass is 16.5. The zero-order chi connectivity index (χ0) is 23.8. The minimum atomic E-state index is -0.319. The van der Waals surface area contributed by atoms with Gasteiger partial charge in [-0.25, -0.2) is 4.90 Å². The Labute approximate surface area is 200 Å². The van der Waals surface area contributed by atoms with Crippen LogP contribution < -0.4 is 9.64 Å². The molecule has 2 heterocycles. The minimum Gasteiger partial charge on any atom is -0.496 e. The smallest absolute Gasteiger partial charge is 0.282 e. The van der Waals surface area contributed by atoms with Crippen LogP contribution in [-0.4, -0.2) is 30.4 Å². The fourth-order valence-corrected chi connectivity index (χ4v) is 4.83. The molecule has 0 radical (unpaired) electrons. The van der Waals surface area contributed by atoms with E-state index in [2.05, 4.69) is 26.0 Å². The molecule has 0 saturated carbocycles. The lowest BCUT2D eigenvalue weighted by molar-refractivity contribution is -0.120. The van der Waals surface area contributed by atoms with E-state index in [1.54, 1.807) is 7.11 Å². The van der Waals surface area contributed by atoms with Crippen molar-refractivity contribution in [2.45, 2.75) is 32.7 Å². The third-order valence-electron chi connectivity index (χ3n) is 6.70. The van der Waals surface area contributed by atoms with E-state index in [1.165, 1.54) is 16.0 Å². The number of ether oxygens (including phenoxy) is 1. The maximum absolute atomic E-state index is 13.9. The summed E-state index contributed by atoms with van der Waals surface area (Å²) in [5.41, 5.74) is 5.69. The topological polar surface area (TPSA) is 49.9 Å². The van der Waals surface area contributed by atoms with Gasteiger partial charge in [0.2, 0.25) is 0 Å². The van der Waals surface area contributed by atoms with E-state index >= 15 is 0 Å². The summed E-state index contributed by atoms with van der Waals surface area (Å²) in [6, 6.07) is 23.4. The van der Waals surface area contributed by atoms with Gasteiger partial charge in [0.05, 0.1) is 18.4 Å². The monoisotopic (exact) mass is 452 g/mol. The molecule has 0 unspecified atom stereocenters. The number of carbonyl (C=O) groups excluding carboxylic acids is 2. The van der Waals surface area contributed by atoms with Gasteiger partial charge in [-0.2, -0.15) is 0 Å². The molecule has 3 aromatic rings. The number of rotatable bonds is 5. The van der Waals surface area contributed by atoms with Gasteiger partial charge in [0, 0.05) is 18.7 Å². The molecule has 0 saturated heterocycles. The SMILES string of the molecule is COc1ccccc1C1=C(N2CCc3ccccc3C2)C(=O)N(c2ccc(C(C)C)cc2)C1=O. The molecular weight excluding hydrogens is 424 g/mol. The van der Waals surface area contributed by atoms with E-state index in [0.29, 0.717) is 47.3 Å².